The van der Waals surface area contributed by atoms with Crippen molar-refractivity contribution in [1.29, 1.82) is 0 Å². The van der Waals surface area contributed by atoms with Crippen LogP contribution < -0.4 is 4.74 Å². The summed E-state index contributed by atoms with van der Waals surface area (Å²) in [5, 5.41) is 3.96. The molecule has 8 nitrogen and oxygen atoms in total. The Morgan fingerprint density at radius 1 is 1.16 bits per heavy atom. The van der Waals surface area contributed by atoms with E-state index in [0.29, 0.717) is 11.5 Å². The number of sulfonamides is 1. The number of aromatic nitrogens is 1. The zero-order valence-corrected chi connectivity index (χ0v) is 18.2. The van der Waals surface area contributed by atoms with Gasteiger partial charge in [0.25, 0.3) is 0 Å². The molecule has 0 radical (unpaired) electrons. The molecule has 2 heterocycles. The molecule has 0 N–H and O–H groups in total. The number of hydrogen-bond donors (Lipinski definition) is 0. The average molecular weight is 442 g/mol. The third-order valence-corrected chi connectivity index (χ3v) is 6.79. The molecule has 0 spiro atoms. The van der Waals surface area contributed by atoms with E-state index in [-0.39, 0.29) is 23.2 Å². The molecule has 0 fully saturated rings. The van der Waals surface area contributed by atoms with Crippen LogP contribution >= 0.6 is 0 Å². The minimum atomic E-state index is -3.55. The summed E-state index contributed by atoms with van der Waals surface area (Å²) >= 11 is 0. The third kappa shape index (κ3) is 4.33. The standard InChI is InChI=1S/C22H22N2O6S/c1-14-10-17-11-16(6-9-20(17)29-14)21-12-18(23-30-21)13-28-22(25)15-4-7-19(8-5-15)31(26,27)24(2)3/h4-9,11-12,14H,10,13H2,1-3H3/t14-/m0/s1. The lowest BCUT2D eigenvalue weighted by Gasteiger charge is -2.11. The normalized spacial score (nSPS) is 15.5. The molecular formula is C22H22N2O6S. The van der Waals surface area contributed by atoms with Gasteiger partial charge in [-0.15, -0.1) is 0 Å². The molecule has 0 aliphatic carbocycles. The molecule has 0 amide bonds. The fourth-order valence-corrected chi connectivity index (χ4v) is 4.19. The Kier molecular flexibility index (Phi) is 5.55. The number of esters is 1. The Morgan fingerprint density at radius 3 is 2.61 bits per heavy atom. The lowest BCUT2D eigenvalue weighted by Crippen LogP contribution is -2.22. The van der Waals surface area contributed by atoms with Gasteiger partial charge in [-0.05, 0) is 55.0 Å². The van der Waals surface area contributed by atoms with Crippen molar-refractivity contribution in [2.45, 2.75) is 31.0 Å². The molecule has 0 unspecified atom stereocenters. The van der Waals surface area contributed by atoms with E-state index < -0.39 is 16.0 Å². The summed E-state index contributed by atoms with van der Waals surface area (Å²) in [6.45, 7) is 1.96. The zero-order valence-electron chi connectivity index (χ0n) is 17.4. The molecule has 3 aromatic rings. The Balaban J connectivity index is 1.40. The number of rotatable bonds is 6. The Morgan fingerprint density at radius 2 is 1.90 bits per heavy atom. The molecule has 162 valence electrons. The highest BCUT2D eigenvalue weighted by atomic mass is 32.2. The molecule has 1 aliphatic heterocycles. The van der Waals surface area contributed by atoms with E-state index in [9.17, 15) is 13.2 Å². The first-order valence-corrected chi connectivity index (χ1v) is 11.1. The molecule has 31 heavy (non-hydrogen) atoms. The molecule has 0 saturated carbocycles. The van der Waals surface area contributed by atoms with Crippen LogP contribution in [0.2, 0.25) is 0 Å². The van der Waals surface area contributed by atoms with Crippen molar-refractivity contribution in [3.05, 3.63) is 65.4 Å². The van der Waals surface area contributed by atoms with Crippen molar-refractivity contribution in [2.75, 3.05) is 14.1 Å². The van der Waals surface area contributed by atoms with Crippen LogP contribution in [-0.2, 0) is 27.8 Å². The van der Waals surface area contributed by atoms with E-state index in [0.717, 1.165) is 27.6 Å². The molecule has 0 saturated heterocycles. The summed E-state index contributed by atoms with van der Waals surface area (Å²) < 4.78 is 41.7. The van der Waals surface area contributed by atoms with E-state index in [2.05, 4.69) is 5.16 Å². The predicted molar refractivity (Wildman–Crippen MR) is 112 cm³/mol. The number of carbonyl (C=O) groups is 1. The van der Waals surface area contributed by atoms with Crippen molar-refractivity contribution in [3.8, 4) is 17.1 Å². The number of ether oxygens (including phenoxy) is 2. The fraction of sp³-hybridized carbons (Fsp3) is 0.273. The maximum absolute atomic E-state index is 12.3. The topological polar surface area (TPSA) is 98.9 Å². The van der Waals surface area contributed by atoms with Crippen molar-refractivity contribution in [1.82, 2.24) is 9.46 Å². The maximum Gasteiger partial charge on any atom is 0.338 e. The van der Waals surface area contributed by atoms with Gasteiger partial charge < -0.3 is 14.0 Å². The minimum Gasteiger partial charge on any atom is -0.490 e. The van der Waals surface area contributed by atoms with Crippen molar-refractivity contribution < 1.29 is 27.2 Å². The van der Waals surface area contributed by atoms with Gasteiger partial charge in [0, 0.05) is 32.1 Å². The molecule has 1 aromatic heterocycles. The minimum absolute atomic E-state index is 0.0643. The van der Waals surface area contributed by atoms with E-state index in [1.165, 1.54) is 38.4 Å². The molecule has 0 bridgehead atoms. The summed E-state index contributed by atoms with van der Waals surface area (Å²) in [6.07, 6.45) is 1.00. The second-order valence-electron chi connectivity index (χ2n) is 7.53. The van der Waals surface area contributed by atoms with Gasteiger partial charge in [0.15, 0.2) is 5.76 Å². The van der Waals surface area contributed by atoms with Gasteiger partial charge in [-0.25, -0.2) is 17.5 Å². The second-order valence-corrected chi connectivity index (χ2v) is 9.68. The third-order valence-electron chi connectivity index (χ3n) is 4.96. The SMILES string of the molecule is C[C@H]1Cc2cc(-c3cc(COC(=O)c4ccc(S(=O)(=O)N(C)C)cc4)no3)ccc2O1. The largest absolute Gasteiger partial charge is 0.490 e. The van der Waals surface area contributed by atoms with E-state index >= 15 is 0 Å². The van der Waals surface area contributed by atoms with Gasteiger partial charge >= 0.3 is 5.97 Å². The number of hydrogen-bond acceptors (Lipinski definition) is 7. The lowest BCUT2D eigenvalue weighted by atomic mass is 10.1. The van der Waals surface area contributed by atoms with E-state index in [1.54, 1.807) is 6.07 Å². The van der Waals surface area contributed by atoms with Gasteiger partial charge in [-0.2, -0.15) is 0 Å². The van der Waals surface area contributed by atoms with E-state index in [4.69, 9.17) is 14.0 Å². The van der Waals surface area contributed by atoms with Crippen LogP contribution in [0.1, 0.15) is 28.5 Å². The monoisotopic (exact) mass is 442 g/mol. The second kappa shape index (κ2) is 8.16. The summed E-state index contributed by atoms with van der Waals surface area (Å²) in [4.78, 5) is 12.4. The Bertz CT molecular complexity index is 1220. The number of carbonyl (C=O) groups excluding carboxylic acids is 1. The van der Waals surface area contributed by atoms with Gasteiger partial charge in [-0.3, -0.25) is 0 Å². The Hall–Kier alpha value is -3.17. The van der Waals surface area contributed by atoms with Crippen LogP contribution in [-0.4, -0.2) is 44.0 Å². The van der Waals surface area contributed by atoms with Crippen LogP contribution in [0.15, 0.2) is 57.9 Å². The van der Waals surface area contributed by atoms with Crippen LogP contribution in [0, 0.1) is 0 Å². The van der Waals surface area contributed by atoms with Crippen molar-refractivity contribution >= 4 is 16.0 Å². The van der Waals surface area contributed by atoms with Crippen LogP contribution in [0.25, 0.3) is 11.3 Å². The summed E-state index contributed by atoms with van der Waals surface area (Å²) in [7, 11) is -0.664. The van der Waals surface area contributed by atoms with Crippen molar-refractivity contribution in [3.63, 3.8) is 0 Å². The molecule has 1 atom stereocenters. The molecule has 4 rings (SSSR count). The van der Waals surface area contributed by atoms with Gasteiger partial charge in [0.05, 0.1) is 10.5 Å². The van der Waals surface area contributed by atoms with Crippen molar-refractivity contribution in [2.24, 2.45) is 0 Å². The molecule has 1 aliphatic rings. The molecular weight excluding hydrogens is 420 g/mol. The fourth-order valence-electron chi connectivity index (χ4n) is 3.29. The lowest BCUT2D eigenvalue weighted by molar-refractivity contribution is 0.0464. The highest BCUT2D eigenvalue weighted by Gasteiger charge is 2.21. The number of nitrogens with zero attached hydrogens (tertiary/aromatic N) is 2. The molecule has 9 heteroatoms. The quantitative estimate of drug-likeness (QED) is 0.540. The first-order chi connectivity index (χ1) is 14.7. The zero-order chi connectivity index (χ0) is 22.2. The highest BCUT2D eigenvalue weighted by molar-refractivity contribution is 7.89. The summed E-state index contributed by atoms with van der Waals surface area (Å²) in [6, 6.07) is 13.1. The van der Waals surface area contributed by atoms with Gasteiger partial charge in [0.1, 0.15) is 24.2 Å². The Labute approximate surface area is 180 Å². The van der Waals surface area contributed by atoms with Crippen LogP contribution in [0.3, 0.4) is 0 Å². The summed E-state index contributed by atoms with van der Waals surface area (Å²) in [5.74, 6) is 0.878. The number of fused-ring (bicyclic) bond motifs is 1. The number of benzene rings is 2. The summed E-state index contributed by atoms with van der Waals surface area (Å²) in [5.41, 5.74) is 2.71. The first kappa shape index (κ1) is 21.1. The average Bonchev–Trinajstić information content (AvgIpc) is 3.37. The van der Waals surface area contributed by atoms with Crippen LogP contribution in [0.5, 0.6) is 5.75 Å². The maximum atomic E-state index is 12.3. The highest BCUT2D eigenvalue weighted by Crippen LogP contribution is 2.33. The van der Waals surface area contributed by atoms with Gasteiger partial charge in [-0.1, -0.05) is 5.16 Å². The van der Waals surface area contributed by atoms with Crippen LogP contribution in [0.4, 0.5) is 0 Å². The smallest absolute Gasteiger partial charge is 0.338 e. The predicted octanol–water partition coefficient (Wildman–Crippen LogP) is 3.27. The van der Waals surface area contributed by atoms with Gasteiger partial charge in [0.2, 0.25) is 10.0 Å². The first-order valence-electron chi connectivity index (χ1n) is 9.69. The molecule has 2 aromatic carbocycles. The van der Waals surface area contributed by atoms with E-state index in [1.807, 2.05) is 25.1 Å².